The Morgan fingerprint density at radius 3 is 2.48 bits per heavy atom. The van der Waals surface area contributed by atoms with Crippen molar-refractivity contribution in [3.8, 4) is 5.75 Å². The van der Waals surface area contributed by atoms with Crippen molar-refractivity contribution in [3.05, 3.63) is 59.7 Å². The minimum absolute atomic E-state index is 0.125. The van der Waals surface area contributed by atoms with E-state index in [1.165, 1.54) is 29.2 Å². The molecule has 1 N–H and O–H groups in total. The van der Waals surface area contributed by atoms with Crippen LogP contribution in [-0.4, -0.2) is 49.4 Å². The van der Waals surface area contributed by atoms with Gasteiger partial charge in [0, 0.05) is 32.0 Å². The lowest BCUT2D eigenvalue weighted by atomic mass is 10.2. The fraction of sp³-hybridized carbons (Fsp3) is 0.273. The number of ether oxygens (including phenoxy) is 2. The van der Waals surface area contributed by atoms with Crippen LogP contribution in [-0.2, 0) is 25.7 Å². The molecule has 1 saturated heterocycles. The number of benzene rings is 2. The number of hydrogen-bond acceptors (Lipinski definition) is 6. The highest BCUT2D eigenvalue weighted by Gasteiger charge is 2.24. The van der Waals surface area contributed by atoms with Crippen molar-refractivity contribution in [1.82, 2.24) is 10.3 Å². The number of amides is 3. The third kappa shape index (κ3) is 5.39. The topological polar surface area (TPSA) is 105 Å². The number of carbonyl (C=O) groups is 4. The van der Waals surface area contributed by atoms with Crippen molar-refractivity contribution in [2.24, 2.45) is 0 Å². The quantitative estimate of drug-likeness (QED) is 0.677. The summed E-state index contributed by atoms with van der Waals surface area (Å²) in [6.45, 7) is -0.0996. The SMILES string of the molecule is COc1ccccc1CN(C)C(=O)COC(=O)c1ccc(N2NC(=O)CCC2=O)cc1. The Hall–Kier alpha value is -3.88. The van der Waals surface area contributed by atoms with Crippen molar-refractivity contribution < 1.29 is 28.7 Å². The molecule has 0 atom stereocenters. The van der Waals surface area contributed by atoms with Gasteiger partial charge in [-0.15, -0.1) is 0 Å². The maximum atomic E-state index is 12.3. The Morgan fingerprint density at radius 1 is 1.06 bits per heavy atom. The van der Waals surface area contributed by atoms with Crippen LogP contribution in [0.4, 0.5) is 5.69 Å². The molecule has 1 aliphatic rings. The molecule has 0 aromatic heterocycles. The van der Waals surface area contributed by atoms with Crippen LogP contribution in [0.3, 0.4) is 0 Å². The number of anilines is 1. The zero-order valence-corrected chi connectivity index (χ0v) is 17.3. The molecule has 9 heteroatoms. The number of rotatable bonds is 7. The van der Waals surface area contributed by atoms with E-state index in [1.807, 2.05) is 18.2 Å². The fourth-order valence-electron chi connectivity index (χ4n) is 3.03. The molecule has 1 fully saturated rings. The Bertz CT molecular complexity index is 989. The van der Waals surface area contributed by atoms with E-state index in [2.05, 4.69) is 5.43 Å². The second kappa shape index (κ2) is 9.75. The van der Waals surface area contributed by atoms with Gasteiger partial charge in [0.1, 0.15) is 5.75 Å². The third-order valence-corrected chi connectivity index (χ3v) is 4.77. The van der Waals surface area contributed by atoms with Gasteiger partial charge in [-0.05, 0) is 30.3 Å². The Morgan fingerprint density at radius 2 is 1.77 bits per heavy atom. The molecule has 31 heavy (non-hydrogen) atoms. The highest BCUT2D eigenvalue weighted by molar-refractivity contribution is 6.01. The standard InChI is InChI=1S/C22H23N3O6/c1-24(13-16-5-3-4-6-18(16)30-2)21(28)14-31-22(29)15-7-9-17(10-8-15)25-20(27)12-11-19(26)23-25/h3-10H,11-14H2,1-2H3,(H,23,26). The molecule has 0 bridgehead atoms. The van der Waals surface area contributed by atoms with Gasteiger partial charge in [-0.25, -0.2) is 9.80 Å². The lowest BCUT2D eigenvalue weighted by molar-refractivity contribution is -0.133. The van der Waals surface area contributed by atoms with E-state index in [-0.39, 0.29) is 36.1 Å². The molecule has 0 radical (unpaired) electrons. The van der Waals surface area contributed by atoms with Crippen LogP contribution in [0.1, 0.15) is 28.8 Å². The van der Waals surface area contributed by atoms with Gasteiger partial charge in [0.15, 0.2) is 6.61 Å². The molecular formula is C22H23N3O6. The molecule has 0 unspecified atom stereocenters. The predicted octanol–water partition coefficient (Wildman–Crippen LogP) is 1.67. The predicted molar refractivity (Wildman–Crippen MR) is 111 cm³/mol. The summed E-state index contributed by atoms with van der Waals surface area (Å²) >= 11 is 0. The first-order valence-electron chi connectivity index (χ1n) is 9.64. The number of esters is 1. The van der Waals surface area contributed by atoms with E-state index >= 15 is 0 Å². The summed E-state index contributed by atoms with van der Waals surface area (Å²) in [6, 6.07) is 13.3. The molecule has 3 rings (SSSR count). The van der Waals surface area contributed by atoms with Crippen molar-refractivity contribution in [3.63, 3.8) is 0 Å². The van der Waals surface area contributed by atoms with Crippen LogP contribution in [0.2, 0.25) is 0 Å². The smallest absolute Gasteiger partial charge is 0.338 e. The summed E-state index contributed by atoms with van der Waals surface area (Å²) in [4.78, 5) is 49.5. The summed E-state index contributed by atoms with van der Waals surface area (Å²) in [7, 11) is 3.17. The number of nitrogens with one attached hydrogen (secondary N) is 1. The lowest BCUT2D eigenvalue weighted by Gasteiger charge is -2.27. The van der Waals surface area contributed by atoms with Crippen molar-refractivity contribution in [2.75, 3.05) is 25.8 Å². The van der Waals surface area contributed by atoms with Gasteiger partial charge in [-0.2, -0.15) is 0 Å². The summed E-state index contributed by atoms with van der Waals surface area (Å²) in [6.07, 6.45) is 0.277. The van der Waals surface area contributed by atoms with Gasteiger partial charge >= 0.3 is 5.97 Å². The number of nitrogens with zero attached hydrogens (tertiary/aromatic N) is 2. The fourth-order valence-corrected chi connectivity index (χ4v) is 3.03. The number of hydrogen-bond donors (Lipinski definition) is 1. The average molecular weight is 425 g/mol. The summed E-state index contributed by atoms with van der Waals surface area (Å²) in [5, 5.41) is 1.15. The first kappa shape index (κ1) is 21.8. The number of likely N-dealkylation sites (N-methyl/N-ethyl adjacent to an activating group) is 1. The van der Waals surface area contributed by atoms with Crippen molar-refractivity contribution in [2.45, 2.75) is 19.4 Å². The first-order valence-corrected chi connectivity index (χ1v) is 9.64. The van der Waals surface area contributed by atoms with Crippen LogP contribution in [0.5, 0.6) is 5.75 Å². The van der Waals surface area contributed by atoms with Gasteiger partial charge < -0.3 is 14.4 Å². The lowest BCUT2D eigenvalue weighted by Crippen LogP contribution is -2.50. The zero-order valence-electron chi connectivity index (χ0n) is 17.3. The monoisotopic (exact) mass is 425 g/mol. The third-order valence-electron chi connectivity index (χ3n) is 4.77. The normalized spacial score (nSPS) is 13.4. The molecule has 1 aliphatic heterocycles. The summed E-state index contributed by atoms with van der Waals surface area (Å²) < 4.78 is 10.4. The van der Waals surface area contributed by atoms with Crippen LogP contribution in [0, 0.1) is 0 Å². The molecule has 0 spiro atoms. The summed E-state index contributed by atoms with van der Waals surface area (Å²) in [5.41, 5.74) is 3.97. The van der Waals surface area contributed by atoms with Gasteiger partial charge in [0.2, 0.25) is 11.8 Å². The summed E-state index contributed by atoms with van der Waals surface area (Å²) in [5.74, 6) is -0.850. The zero-order chi connectivity index (χ0) is 22.4. The van der Waals surface area contributed by atoms with Gasteiger partial charge in [-0.3, -0.25) is 19.8 Å². The largest absolute Gasteiger partial charge is 0.496 e. The molecule has 3 amide bonds. The highest BCUT2D eigenvalue weighted by atomic mass is 16.5. The molecule has 2 aromatic rings. The van der Waals surface area contributed by atoms with E-state index in [0.29, 0.717) is 18.0 Å². The second-order valence-corrected chi connectivity index (χ2v) is 6.95. The average Bonchev–Trinajstić information content (AvgIpc) is 2.79. The number of para-hydroxylation sites is 1. The number of hydrazine groups is 1. The first-order chi connectivity index (χ1) is 14.9. The minimum atomic E-state index is -0.667. The Kier molecular flexibility index (Phi) is 6.86. The van der Waals surface area contributed by atoms with Crippen LogP contribution < -0.4 is 15.2 Å². The molecular weight excluding hydrogens is 402 g/mol. The number of carbonyl (C=O) groups excluding carboxylic acids is 4. The minimum Gasteiger partial charge on any atom is -0.496 e. The maximum Gasteiger partial charge on any atom is 0.338 e. The van der Waals surface area contributed by atoms with Gasteiger partial charge in [0.05, 0.1) is 18.4 Å². The van der Waals surface area contributed by atoms with E-state index < -0.39 is 12.6 Å². The van der Waals surface area contributed by atoms with E-state index in [4.69, 9.17) is 9.47 Å². The molecule has 9 nitrogen and oxygen atoms in total. The molecule has 0 aliphatic carbocycles. The molecule has 0 saturated carbocycles. The van der Waals surface area contributed by atoms with E-state index in [0.717, 1.165) is 10.6 Å². The van der Waals surface area contributed by atoms with Crippen LogP contribution in [0.25, 0.3) is 0 Å². The van der Waals surface area contributed by atoms with Crippen molar-refractivity contribution in [1.29, 1.82) is 0 Å². The second-order valence-electron chi connectivity index (χ2n) is 6.95. The number of methoxy groups -OCH3 is 1. The molecule has 162 valence electrons. The van der Waals surface area contributed by atoms with E-state index in [9.17, 15) is 19.2 Å². The van der Waals surface area contributed by atoms with Gasteiger partial charge in [-0.1, -0.05) is 18.2 Å². The Labute approximate surface area is 179 Å². The maximum absolute atomic E-state index is 12.3. The highest BCUT2D eigenvalue weighted by Crippen LogP contribution is 2.20. The van der Waals surface area contributed by atoms with Crippen molar-refractivity contribution >= 4 is 29.4 Å². The van der Waals surface area contributed by atoms with Crippen LogP contribution >= 0.6 is 0 Å². The van der Waals surface area contributed by atoms with Crippen LogP contribution in [0.15, 0.2) is 48.5 Å². The van der Waals surface area contributed by atoms with E-state index in [1.54, 1.807) is 20.2 Å². The van der Waals surface area contributed by atoms with Gasteiger partial charge in [0.25, 0.3) is 5.91 Å². The molecule has 2 aromatic carbocycles. The molecule has 1 heterocycles. The Balaban J connectivity index is 1.54.